The van der Waals surface area contributed by atoms with Gasteiger partial charge in [-0.25, -0.2) is 0 Å². The van der Waals surface area contributed by atoms with Gasteiger partial charge in [0.25, 0.3) is 0 Å². The molecule has 0 saturated heterocycles. The number of hydrogen-bond donors (Lipinski definition) is 0. The first-order valence-corrected chi connectivity index (χ1v) is 10.3. The Morgan fingerprint density at radius 3 is 2.14 bits per heavy atom. The Balaban J connectivity index is 2.03. The molecule has 148 valence electrons. The van der Waals surface area contributed by atoms with Gasteiger partial charge in [0.2, 0.25) is 5.71 Å². The molecule has 0 N–H and O–H groups in total. The summed E-state index contributed by atoms with van der Waals surface area (Å²) in [5, 5.41) is 0.678. The molecule has 0 spiro atoms. The lowest BCUT2D eigenvalue weighted by molar-refractivity contribution is 0.347. The van der Waals surface area contributed by atoms with Crippen LogP contribution in [0.4, 0.5) is 0 Å². The van der Waals surface area contributed by atoms with Crippen molar-refractivity contribution in [2.75, 3.05) is 0 Å². The molecule has 29 heavy (non-hydrogen) atoms. The number of pyridine rings is 1. The van der Waals surface area contributed by atoms with E-state index in [1.165, 1.54) is 5.56 Å². The van der Waals surface area contributed by atoms with E-state index in [0.29, 0.717) is 17.6 Å². The van der Waals surface area contributed by atoms with Crippen LogP contribution in [0.3, 0.4) is 0 Å². The fourth-order valence-corrected chi connectivity index (χ4v) is 3.94. The van der Waals surface area contributed by atoms with Crippen LogP contribution in [-0.4, -0.2) is 4.57 Å². The molecule has 4 rings (SSSR count). The van der Waals surface area contributed by atoms with Crippen LogP contribution < -0.4 is 5.43 Å². The molecular formula is C26H27NO2. The lowest BCUT2D eigenvalue weighted by Gasteiger charge is -2.25. The van der Waals surface area contributed by atoms with E-state index in [9.17, 15) is 4.79 Å². The van der Waals surface area contributed by atoms with Crippen LogP contribution in [0.2, 0.25) is 0 Å². The predicted octanol–water partition coefficient (Wildman–Crippen LogP) is 6.39. The van der Waals surface area contributed by atoms with Crippen molar-refractivity contribution in [1.82, 2.24) is 4.57 Å². The molecular weight excluding hydrogens is 358 g/mol. The summed E-state index contributed by atoms with van der Waals surface area (Å²) in [5.41, 5.74) is 3.67. The van der Waals surface area contributed by atoms with E-state index in [-0.39, 0.29) is 10.8 Å². The van der Waals surface area contributed by atoms with Gasteiger partial charge in [-0.2, -0.15) is 0 Å². The largest absolute Gasteiger partial charge is 0.443 e. The van der Waals surface area contributed by atoms with Crippen molar-refractivity contribution in [3.8, 4) is 11.1 Å². The lowest BCUT2D eigenvalue weighted by Crippen LogP contribution is -2.19. The SMILES string of the molecule is CCC(C)(CC)c1oc2c(c1-c1ccccc1)c(=O)ccn2Cc1ccccc1. The van der Waals surface area contributed by atoms with E-state index in [1.807, 2.05) is 47.2 Å². The van der Waals surface area contributed by atoms with Gasteiger partial charge in [-0.05, 0) is 24.0 Å². The average molecular weight is 386 g/mol. The van der Waals surface area contributed by atoms with Crippen molar-refractivity contribution in [1.29, 1.82) is 0 Å². The highest BCUT2D eigenvalue weighted by atomic mass is 16.3. The minimum absolute atomic E-state index is 0.00715. The Hall–Kier alpha value is -3.07. The number of hydrogen-bond acceptors (Lipinski definition) is 2. The highest BCUT2D eigenvalue weighted by molar-refractivity contribution is 5.94. The molecule has 3 nitrogen and oxygen atoms in total. The van der Waals surface area contributed by atoms with Crippen molar-refractivity contribution in [2.45, 2.75) is 45.6 Å². The Morgan fingerprint density at radius 1 is 0.897 bits per heavy atom. The second-order valence-electron chi connectivity index (χ2n) is 7.91. The van der Waals surface area contributed by atoms with Gasteiger partial charge in [0.05, 0.1) is 11.9 Å². The van der Waals surface area contributed by atoms with Crippen LogP contribution in [0.25, 0.3) is 22.2 Å². The third-order valence-corrected chi connectivity index (χ3v) is 6.17. The molecule has 0 aliphatic rings. The summed E-state index contributed by atoms with van der Waals surface area (Å²) in [4.78, 5) is 13.0. The van der Waals surface area contributed by atoms with Crippen LogP contribution in [0, 0.1) is 0 Å². The van der Waals surface area contributed by atoms with Gasteiger partial charge in [-0.3, -0.25) is 4.79 Å². The summed E-state index contributed by atoms with van der Waals surface area (Å²) < 4.78 is 8.60. The first-order chi connectivity index (χ1) is 14.1. The minimum atomic E-state index is -0.138. The van der Waals surface area contributed by atoms with Gasteiger partial charge in [-0.15, -0.1) is 0 Å². The summed E-state index contributed by atoms with van der Waals surface area (Å²) in [6.45, 7) is 7.25. The zero-order chi connectivity index (χ0) is 20.4. The molecule has 0 atom stereocenters. The molecule has 0 radical (unpaired) electrons. The standard InChI is InChI=1S/C26H27NO2/c1-4-26(3,5-2)24-22(20-14-10-7-11-15-20)23-21(28)16-17-27(25(23)29-24)18-19-12-8-6-9-13-19/h6-17H,4-5,18H2,1-3H3. The van der Waals surface area contributed by atoms with E-state index in [1.54, 1.807) is 6.07 Å². The summed E-state index contributed by atoms with van der Waals surface area (Å²) in [6.07, 6.45) is 3.72. The molecule has 4 aromatic rings. The first-order valence-electron chi connectivity index (χ1n) is 10.3. The van der Waals surface area contributed by atoms with Crippen LogP contribution in [0.15, 0.2) is 82.1 Å². The molecule has 3 heteroatoms. The van der Waals surface area contributed by atoms with Crippen molar-refractivity contribution in [3.05, 3.63) is 94.5 Å². The highest BCUT2D eigenvalue weighted by Crippen LogP contribution is 2.43. The number of furan rings is 1. The van der Waals surface area contributed by atoms with Crippen LogP contribution in [0.1, 0.15) is 44.9 Å². The van der Waals surface area contributed by atoms with Crippen molar-refractivity contribution >= 4 is 11.1 Å². The van der Waals surface area contributed by atoms with Gasteiger partial charge >= 0.3 is 0 Å². The van der Waals surface area contributed by atoms with E-state index >= 15 is 0 Å². The molecule has 0 saturated carbocycles. The van der Waals surface area contributed by atoms with E-state index < -0.39 is 0 Å². The van der Waals surface area contributed by atoms with Crippen molar-refractivity contribution in [2.24, 2.45) is 0 Å². The van der Waals surface area contributed by atoms with Gasteiger partial charge in [0, 0.05) is 23.2 Å². The van der Waals surface area contributed by atoms with E-state index in [0.717, 1.165) is 29.7 Å². The topological polar surface area (TPSA) is 35.1 Å². The number of fused-ring (bicyclic) bond motifs is 1. The second kappa shape index (κ2) is 7.75. The molecule has 2 heterocycles. The average Bonchev–Trinajstić information content (AvgIpc) is 3.19. The maximum Gasteiger partial charge on any atom is 0.211 e. The predicted molar refractivity (Wildman–Crippen MR) is 119 cm³/mol. The summed E-state index contributed by atoms with van der Waals surface area (Å²) in [6, 6.07) is 22.1. The monoisotopic (exact) mass is 385 g/mol. The molecule has 2 aromatic carbocycles. The Morgan fingerprint density at radius 2 is 1.52 bits per heavy atom. The number of aromatic nitrogens is 1. The lowest BCUT2D eigenvalue weighted by atomic mass is 9.79. The molecule has 0 aliphatic heterocycles. The fraction of sp³-hybridized carbons (Fsp3) is 0.269. The van der Waals surface area contributed by atoms with Crippen molar-refractivity contribution < 1.29 is 4.42 Å². The van der Waals surface area contributed by atoms with Gasteiger partial charge in [-0.1, -0.05) is 81.4 Å². The third-order valence-electron chi connectivity index (χ3n) is 6.17. The molecule has 0 fully saturated rings. The van der Waals surface area contributed by atoms with Crippen molar-refractivity contribution in [3.63, 3.8) is 0 Å². The zero-order valence-corrected chi connectivity index (χ0v) is 17.3. The number of nitrogens with zero attached hydrogens (tertiary/aromatic N) is 1. The quantitative estimate of drug-likeness (QED) is 0.385. The highest BCUT2D eigenvalue weighted by Gasteiger charge is 2.33. The summed E-state index contributed by atoms with van der Waals surface area (Å²) >= 11 is 0. The Kier molecular flexibility index (Phi) is 5.14. The number of rotatable bonds is 6. The van der Waals surface area contributed by atoms with Gasteiger partial charge in [0.1, 0.15) is 5.76 Å². The summed E-state index contributed by atoms with van der Waals surface area (Å²) in [5.74, 6) is 0.911. The van der Waals surface area contributed by atoms with Crippen LogP contribution >= 0.6 is 0 Å². The van der Waals surface area contributed by atoms with E-state index in [2.05, 4.69) is 45.0 Å². The van der Waals surface area contributed by atoms with Gasteiger partial charge < -0.3 is 8.98 Å². The normalized spacial score (nSPS) is 11.8. The summed E-state index contributed by atoms with van der Waals surface area (Å²) in [7, 11) is 0. The Bertz CT molecular complexity index is 1170. The molecule has 0 bridgehead atoms. The van der Waals surface area contributed by atoms with Crippen LogP contribution in [0.5, 0.6) is 0 Å². The van der Waals surface area contributed by atoms with Crippen LogP contribution in [-0.2, 0) is 12.0 Å². The molecule has 2 aromatic heterocycles. The minimum Gasteiger partial charge on any atom is -0.443 e. The molecule has 0 amide bonds. The molecule has 0 aliphatic carbocycles. The fourth-order valence-electron chi connectivity index (χ4n) is 3.94. The smallest absolute Gasteiger partial charge is 0.211 e. The number of benzene rings is 2. The second-order valence-corrected chi connectivity index (χ2v) is 7.91. The third kappa shape index (κ3) is 3.42. The maximum atomic E-state index is 13.0. The maximum absolute atomic E-state index is 13.0. The van der Waals surface area contributed by atoms with Gasteiger partial charge in [0.15, 0.2) is 5.43 Å². The van der Waals surface area contributed by atoms with E-state index in [4.69, 9.17) is 4.42 Å². The first kappa shape index (κ1) is 19.3. The molecule has 0 unspecified atom stereocenters. The zero-order valence-electron chi connectivity index (χ0n) is 17.3. The Labute approximate surface area is 171 Å².